The Balaban J connectivity index is 2.56. The monoisotopic (exact) mass is 281 g/mol. The maximum Gasteiger partial charge on any atom is 0.251 e. The van der Waals surface area contributed by atoms with Crippen LogP contribution in [0.15, 0.2) is 35.9 Å². The van der Waals surface area contributed by atoms with Crippen LogP contribution < -0.4 is 5.32 Å². The van der Waals surface area contributed by atoms with Gasteiger partial charge in [-0.05, 0) is 31.5 Å². The minimum absolute atomic E-state index is 0.0291. The lowest BCUT2D eigenvalue weighted by atomic mass is 10.1. The molecule has 0 saturated carbocycles. The van der Waals surface area contributed by atoms with Gasteiger partial charge in [-0.2, -0.15) is 0 Å². The van der Waals surface area contributed by atoms with Gasteiger partial charge in [0.2, 0.25) is 0 Å². The van der Waals surface area contributed by atoms with Crippen LogP contribution in [0.4, 0.5) is 0 Å². The summed E-state index contributed by atoms with van der Waals surface area (Å²) < 4.78 is 0. The van der Waals surface area contributed by atoms with Gasteiger partial charge >= 0.3 is 0 Å². The molecule has 0 aliphatic carbocycles. The summed E-state index contributed by atoms with van der Waals surface area (Å²) in [5.41, 5.74) is 3.07. The van der Waals surface area contributed by atoms with E-state index in [-0.39, 0.29) is 5.91 Å². The van der Waals surface area contributed by atoms with Gasteiger partial charge in [0.05, 0.1) is 0 Å². The molecule has 1 amide bonds. The van der Waals surface area contributed by atoms with E-state index in [4.69, 9.17) is 0 Å². The highest BCUT2D eigenvalue weighted by Crippen LogP contribution is 2.07. The van der Waals surface area contributed by atoms with Crippen molar-refractivity contribution in [2.45, 2.75) is 19.2 Å². The first kappa shape index (κ1) is 13.0. The Morgan fingerprint density at radius 3 is 2.44 bits per heavy atom. The number of hydrogen-bond donors (Lipinski definition) is 1. The van der Waals surface area contributed by atoms with E-state index in [9.17, 15) is 4.79 Å². The summed E-state index contributed by atoms with van der Waals surface area (Å²) in [6.07, 6.45) is 1.99. The van der Waals surface area contributed by atoms with Crippen molar-refractivity contribution in [3.63, 3.8) is 0 Å². The molecule has 1 aromatic rings. The molecule has 0 aliphatic rings. The molecule has 1 N–H and O–H groups in total. The fourth-order valence-corrected chi connectivity index (χ4v) is 1.57. The van der Waals surface area contributed by atoms with E-state index in [1.165, 1.54) is 11.1 Å². The number of allylic oxidation sites excluding steroid dienone is 1. The third-order valence-electron chi connectivity index (χ3n) is 2.14. The second-order valence-corrected chi connectivity index (χ2v) is 4.38. The Labute approximate surface area is 105 Å². The van der Waals surface area contributed by atoms with Gasteiger partial charge < -0.3 is 5.32 Å². The van der Waals surface area contributed by atoms with Crippen LogP contribution in [0.1, 0.15) is 29.8 Å². The van der Waals surface area contributed by atoms with Crippen LogP contribution in [-0.4, -0.2) is 12.5 Å². The van der Waals surface area contributed by atoms with Gasteiger partial charge in [0.25, 0.3) is 5.91 Å². The van der Waals surface area contributed by atoms with Crippen molar-refractivity contribution in [1.29, 1.82) is 0 Å². The largest absolute Gasteiger partial charge is 0.349 e. The van der Waals surface area contributed by atoms with Crippen LogP contribution in [0, 0.1) is 0 Å². The smallest absolute Gasteiger partial charge is 0.251 e. The summed E-state index contributed by atoms with van der Waals surface area (Å²) in [4.78, 5) is 11.7. The highest BCUT2D eigenvalue weighted by Gasteiger charge is 2.02. The molecule has 0 fully saturated rings. The van der Waals surface area contributed by atoms with Crippen molar-refractivity contribution in [2.24, 2.45) is 0 Å². The maximum atomic E-state index is 11.7. The molecule has 86 valence electrons. The molecule has 0 radical (unpaired) electrons. The molecule has 0 unspecified atom stereocenters. The van der Waals surface area contributed by atoms with E-state index in [0.717, 1.165) is 5.33 Å². The van der Waals surface area contributed by atoms with Gasteiger partial charge in [0, 0.05) is 17.4 Å². The number of benzene rings is 1. The lowest BCUT2D eigenvalue weighted by molar-refractivity contribution is 0.0958. The zero-order valence-electron chi connectivity index (χ0n) is 9.59. The zero-order valence-corrected chi connectivity index (χ0v) is 11.2. The SMILES string of the molecule is CC(C)=CCNC(=O)c1ccc(CBr)cc1. The third-order valence-corrected chi connectivity index (χ3v) is 2.79. The summed E-state index contributed by atoms with van der Waals surface area (Å²) in [6.45, 7) is 4.61. The van der Waals surface area contributed by atoms with Crippen LogP contribution in [0.5, 0.6) is 0 Å². The van der Waals surface area contributed by atoms with Crippen LogP contribution >= 0.6 is 15.9 Å². The molecule has 0 saturated heterocycles. The Morgan fingerprint density at radius 1 is 1.31 bits per heavy atom. The van der Waals surface area contributed by atoms with Crippen molar-refractivity contribution in [1.82, 2.24) is 5.32 Å². The molecule has 3 heteroatoms. The van der Waals surface area contributed by atoms with Crippen molar-refractivity contribution in [3.05, 3.63) is 47.0 Å². The van der Waals surface area contributed by atoms with Crippen molar-refractivity contribution < 1.29 is 4.79 Å². The van der Waals surface area contributed by atoms with E-state index in [2.05, 4.69) is 21.2 Å². The Bertz CT molecular complexity index is 377. The zero-order chi connectivity index (χ0) is 12.0. The summed E-state index contributed by atoms with van der Waals surface area (Å²) in [7, 11) is 0. The quantitative estimate of drug-likeness (QED) is 0.666. The molecular weight excluding hydrogens is 266 g/mol. The van der Waals surface area contributed by atoms with Crippen LogP contribution in [0.25, 0.3) is 0 Å². The lowest BCUT2D eigenvalue weighted by Crippen LogP contribution is -2.23. The molecule has 2 nitrogen and oxygen atoms in total. The predicted octanol–water partition coefficient (Wildman–Crippen LogP) is 3.28. The minimum atomic E-state index is -0.0291. The van der Waals surface area contributed by atoms with Crippen molar-refractivity contribution in [3.8, 4) is 0 Å². The first-order chi connectivity index (χ1) is 7.63. The number of alkyl halides is 1. The van der Waals surface area contributed by atoms with Crippen LogP contribution in [-0.2, 0) is 5.33 Å². The summed E-state index contributed by atoms with van der Waals surface area (Å²) in [5, 5.41) is 3.65. The number of nitrogens with one attached hydrogen (secondary N) is 1. The van der Waals surface area contributed by atoms with Crippen molar-refractivity contribution >= 4 is 21.8 Å². The van der Waals surface area contributed by atoms with Crippen molar-refractivity contribution in [2.75, 3.05) is 6.54 Å². The number of amides is 1. The molecule has 0 aromatic heterocycles. The first-order valence-electron chi connectivity index (χ1n) is 5.20. The molecular formula is C13H16BrNO. The second kappa shape index (κ2) is 6.48. The van der Waals surface area contributed by atoms with E-state index in [1.807, 2.05) is 44.2 Å². The lowest BCUT2D eigenvalue weighted by Gasteiger charge is -2.03. The maximum absolute atomic E-state index is 11.7. The summed E-state index contributed by atoms with van der Waals surface area (Å²) in [5.74, 6) is -0.0291. The van der Waals surface area contributed by atoms with Gasteiger partial charge in [-0.15, -0.1) is 0 Å². The number of hydrogen-bond acceptors (Lipinski definition) is 1. The van der Waals surface area contributed by atoms with E-state index in [1.54, 1.807) is 0 Å². The molecule has 1 aromatic carbocycles. The second-order valence-electron chi connectivity index (χ2n) is 3.82. The number of carbonyl (C=O) groups is 1. The number of halogens is 1. The molecule has 0 atom stereocenters. The predicted molar refractivity (Wildman–Crippen MR) is 70.8 cm³/mol. The molecule has 16 heavy (non-hydrogen) atoms. The van der Waals surface area contributed by atoms with Gasteiger partial charge in [-0.3, -0.25) is 4.79 Å². The van der Waals surface area contributed by atoms with Gasteiger partial charge in [-0.25, -0.2) is 0 Å². The van der Waals surface area contributed by atoms with E-state index in [0.29, 0.717) is 12.1 Å². The average Bonchev–Trinajstić information content (AvgIpc) is 2.28. The average molecular weight is 282 g/mol. The Hall–Kier alpha value is -1.09. The molecule has 0 bridgehead atoms. The van der Waals surface area contributed by atoms with Crippen LogP contribution in [0.3, 0.4) is 0 Å². The molecule has 0 spiro atoms. The number of rotatable bonds is 4. The molecule has 0 heterocycles. The van der Waals surface area contributed by atoms with E-state index < -0.39 is 0 Å². The molecule has 0 aliphatic heterocycles. The van der Waals surface area contributed by atoms with Gasteiger partial charge in [0.15, 0.2) is 0 Å². The third kappa shape index (κ3) is 4.19. The standard InChI is InChI=1S/C13H16BrNO/c1-10(2)7-8-15-13(16)12-5-3-11(9-14)4-6-12/h3-7H,8-9H2,1-2H3,(H,15,16). The first-order valence-corrected chi connectivity index (χ1v) is 6.32. The Kier molecular flexibility index (Phi) is 5.26. The highest BCUT2D eigenvalue weighted by atomic mass is 79.9. The van der Waals surface area contributed by atoms with Gasteiger partial charge in [-0.1, -0.05) is 39.7 Å². The fourth-order valence-electron chi connectivity index (χ4n) is 1.20. The number of carbonyl (C=O) groups excluding carboxylic acids is 1. The highest BCUT2D eigenvalue weighted by molar-refractivity contribution is 9.08. The Morgan fingerprint density at radius 2 is 1.94 bits per heavy atom. The summed E-state index contributed by atoms with van der Waals surface area (Å²) >= 11 is 3.37. The van der Waals surface area contributed by atoms with E-state index >= 15 is 0 Å². The normalized spacial score (nSPS) is 9.69. The topological polar surface area (TPSA) is 29.1 Å². The fraction of sp³-hybridized carbons (Fsp3) is 0.308. The molecule has 1 rings (SSSR count). The van der Waals surface area contributed by atoms with Crippen LogP contribution in [0.2, 0.25) is 0 Å². The summed E-state index contributed by atoms with van der Waals surface area (Å²) in [6, 6.07) is 7.58. The minimum Gasteiger partial charge on any atom is -0.349 e. The van der Waals surface area contributed by atoms with Gasteiger partial charge in [0.1, 0.15) is 0 Å².